The van der Waals surface area contributed by atoms with Gasteiger partial charge in [-0.3, -0.25) is 14.6 Å². The average molecular weight is 341 g/mol. The van der Waals surface area contributed by atoms with Gasteiger partial charge in [-0.15, -0.1) is 0 Å². The first-order chi connectivity index (χ1) is 12.2. The molecule has 0 saturated carbocycles. The molecule has 3 rings (SSSR count). The number of benzene rings is 1. The summed E-state index contributed by atoms with van der Waals surface area (Å²) in [4.78, 5) is 25.8. The second-order valence-electron chi connectivity index (χ2n) is 6.64. The second-order valence-corrected chi connectivity index (χ2v) is 6.64. The van der Waals surface area contributed by atoms with Crippen molar-refractivity contribution in [3.05, 3.63) is 35.8 Å². The first-order valence-corrected chi connectivity index (χ1v) is 9.09. The smallest absolute Gasteiger partial charge is 0.234 e. The number of carbonyl (C=O) groups is 1. The topological polar surface area (TPSA) is 61.4 Å². The summed E-state index contributed by atoms with van der Waals surface area (Å²) >= 11 is 0. The Morgan fingerprint density at radius 1 is 1.12 bits per heavy atom. The first kappa shape index (κ1) is 17.8. The molecule has 0 radical (unpaired) electrons. The maximum Gasteiger partial charge on any atom is 0.234 e. The number of aromatic nitrogens is 2. The van der Waals surface area contributed by atoms with Gasteiger partial charge in [0.25, 0.3) is 0 Å². The van der Waals surface area contributed by atoms with Crippen LogP contribution in [0.4, 0.5) is 0 Å². The van der Waals surface area contributed by atoms with Crippen molar-refractivity contribution in [1.82, 2.24) is 25.1 Å². The minimum absolute atomic E-state index is 0.129. The van der Waals surface area contributed by atoms with Crippen molar-refractivity contribution in [2.45, 2.75) is 26.8 Å². The highest BCUT2D eigenvalue weighted by Gasteiger charge is 2.19. The van der Waals surface area contributed by atoms with Gasteiger partial charge in [0, 0.05) is 43.8 Å². The molecular formula is C19H27N5O. The summed E-state index contributed by atoms with van der Waals surface area (Å²) in [5.74, 6) is 1.01. The number of hydrogen-bond donors (Lipinski definition) is 1. The number of nitrogens with one attached hydrogen (secondary N) is 1. The molecule has 1 saturated heterocycles. The van der Waals surface area contributed by atoms with E-state index in [1.807, 2.05) is 25.1 Å². The molecule has 1 aromatic heterocycles. The van der Waals surface area contributed by atoms with Crippen LogP contribution in [0.5, 0.6) is 0 Å². The van der Waals surface area contributed by atoms with Gasteiger partial charge in [0.1, 0.15) is 5.82 Å². The summed E-state index contributed by atoms with van der Waals surface area (Å²) in [6.07, 6.45) is 0.977. The van der Waals surface area contributed by atoms with Crippen molar-refractivity contribution in [2.75, 3.05) is 39.3 Å². The average Bonchev–Trinajstić information content (AvgIpc) is 2.62. The maximum absolute atomic E-state index is 11.8. The highest BCUT2D eigenvalue weighted by molar-refractivity contribution is 5.80. The van der Waals surface area contributed by atoms with Crippen LogP contribution in [0.15, 0.2) is 24.3 Å². The Balaban J connectivity index is 1.53. The Morgan fingerprint density at radius 3 is 2.60 bits per heavy atom. The molecule has 1 fully saturated rings. The molecule has 1 aliphatic rings. The van der Waals surface area contributed by atoms with Crippen LogP contribution in [0, 0.1) is 6.92 Å². The number of rotatable bonds is 6. The number of carbonyl (C=O) groups excluding carboxylic acids is 1. The molecule has 134 valence electrons. The van der Waals surface area contributed by atoms with E-state index in [4.69, 9.17) is 4.98 Å². The third-order valence-corrected chi connectivity index (χ3v) is 4.61. The van der Waals surface area contributed by atoms with Gasteiger partial charge in [-0.25, -0.2) is 9.97 Å². The van der Waals surface area contributed by atoms with Crippen LogP contribution in [0.1, 0.15) is 24.9 Å². The predicted molar refractivity (Wildman–Crippen MR) is 99.3 cm³/mol. The minimum atomic E-state index is 0.129. The van der Waals surface area contributed by atoms with Crippen molar-refractivity contribution in [1.29, 1.82) is 0 Å². The molecule has 6 nitrogen and oxygen atoms in total. The number of amides is 1. The lowest BCUT2D eigenvalue weighted by Crippen LogP contribution is -2.49. The lowest BCUT2D eigenvalue weighted by atomic mass is 10.2. The Hall–Kier alpha value is -2.05. The molecule has 0 spiro atoms. The normalized spacial score (nSPS) is 16.2. The monoisotopic (exact) mass is 341 g/mol. The summed E-state index contributed by atoms with van der Waals surface area (Å²) < 4.78 is 0. The zero-order valence-corrected chi connectivity index (χ0v) is 15.2. The third kappa shape index (κ3) is 4.74. The summed E-state index contributed by atoms with van der Waals surface area (Å²) in [6, 6.07) is 8.15. The summed E-state index contributed by atoms with van der Waals surface area (Å²) in [6.45, 7) is 9.83. The third-order valence-electron chi connectivity index (χ3n) is 4.61. The zero-order valence-electron chi connectivity index (χ0n) is 15.2. The molecule has 25 heavy (non-hydrogen) atoms. The van der Waals surface area contributed by atoms with Crippen molar-refractivity contribution in [3.8, 4) is 0 Å². The van der Waals surface area contributed by atoms with E-state index in [2.05, 4.69) is 33.1 Å². The van der Waals surface area contributed by atoms with Crippen LogP contribution in [0.25, 0.3) is 10.9 Å². The molecule has 1 aliphatic heterocycles. The number of fused-ring (bicyclic) bond motifs is 1. The fourth-order valence-electron chi connectivity index (χ4n) is 3.19. The summed E-state index contributed by atoms with van der Waals surface area (Å²) in [7, 11) is 0. The van der Waals surface area contributed by atoms with Crippen LogP contribution in [-0.2, 0) is 11.3 Å². The SMILES string of the molecule is CCCNC(=O)CN1CCN(Cc2nc(C)c3ccccc3n2)CC1. The number of hydrogen-bond acceptors (Lipinski definition) is 5. The van der Waals surface area contributed by atoms with E-state index < -0.39 is 0 Å². The first-order valence-electron chi connectivity index (χ1n) is 9.09. The summed E-state index contributed by atoms with van der Waals surface area (Å²) in [5, 5.41) is 4.06. The van der Waals surface area contributed by atoms with E-state index in [0.717, 1.165) is 68.1 Å². The number of para-hydroxylation sites is 1. The van der Waals surface area contributed by atoms with Crippen LogP contribution in [0.3, 0.4) is 0 Å². The molecular weight excluding hydrogens is 314 g/mol. The van der Waals surface area contributed by atoms with E-state index in [9.17, 15) is 4.79 Å². The molecule has 2 aromatic rings. The van der Waals surface area contributed by atoms with Gasteiger partial charge < -0.3 is 5.32 Å². The van der Waals surface area contributed by atoms with Crippen molar-refractivity contribution in [2.24, 2.45) is 0 Å². The van der Waals surface area contributed by atoms with Crippen LogP contribution in [-0.4, -0.2) is 64.9 Å². The van der Waals surface area contributed by atoms with E-state index in [0.29, 0.717) is 6.54 Å². The second kappa shape index (κ2) is 8.36. The summed E-state index contributed by atoms with van der Waals surface area (Å²) in [5.41, 5.74) is 2.04. The fourth-order valence-corrected chi connectivity index (χ4v) is 3.19. The van der Waals surface area contributed by atoms with Crippen molar-refractivity contribution < 1.29 is 4.79 Å². The lowest BCUT2D eigenvalue weighted by molar-refractivity contribution is -0.122. The molecule has 1 amide bonds. The molecule has 0 aliphatic carbocycles. The maximum atomic E-state index is 11.8. The predicted octanol–water partition coefficient (Wildman–Crippen LogP) is 1.58. The molecule has 0 bridgehead atoms. The molecule has 2 heterocycles. The van der Waals surface area contributed by atoms with Crippen molar-refractivity contribution in [3.63, 3.8) is 0 Å². The fraction of sp³-hybridized carbons (Fsp3) is 0.526. The molecule has 6 heteroatoms. The highest BCUT2D eigenvalue weighted by Crippen LogP contribution is 2.15. The number of piperazine rings is 1. The zero-order chi connectivity index (χ0) is 17.6. The van der Waals surface area contributed by atoms with E-state index in [1.165, 1.54) is 0 Å². The van der Waals surface area contributed by atoms with E-state index >= 15 is 0 Å². The van der Waals surface area contributed by atoms with Crippen LogP contribution >= 0.6 is 0 Å². The van der Waals surface area contributed by atoms with Gasteiger partial charge in [-0.2, -0.15) is 0 Å². The van der Waals surface area contributed by atoms with Gasteiger partial charge in [-0.1, -0.05) is 25.1 Å². The Kier molecular flexibility index (Phi) is 5.94. The van der Waals surface area contributed by atoms with Gasteiger partial charge in [-0.05, 0) is 19.4 Å². The molecule has 0 atom stereocenters. The minimum Gasteiger partial charge on any atom is -0.355 e. The van der Waals surface area contributed by atoms with Gasteiger partial charge in [0.2, 0.25) is 5.91 Å². The van der Waals surface area contributed by atoms with Crippen LogP contribution in [0.2, 0.25) is 0 Å². The molecule has 1 N–H and O–H groups in total. The van der Waals surface area contributed by atoms with Crippen molar-refractivity contribution >= 4 is 16.8 Å². The van der Waals surface area contributed by atoms with Gasteiger partial charge >= 0.3 is 0 Å². The van der Waals surface area contributed by atoms with Gasteiger partial charge in [0.15, 0.2) is 0 Å². The molecule has 0 unspecified atom stereocenters. The quantitative estimate of drug-likeness (QED) is 0.864. The largest absolute Gasteiger partial charge is 0.355 e. The highest BCUT2D eigenvalue weighted by atomic mass is 16.2. The van der Waals surface area contributed by atoms with E-state index in [1.54, 1.807) is 0 Å². The lowest BCUT2D eigenvalue weighted by Gasteiger charge is -2.33. The Morgan fingerprint density at radius 2 is 1.84 bits per heavy atom. The van der Waals surface area contributed by atoms with Gasteiger partial charge in [0.05, 0.1) is 18.6 Å². The standard InChI is InChI=1S/C19H27N5O/c1-3-8-20-19(25)14-24-11-9-23(10-12-24)13-18-21-15(2)16-6-4-5-7-17(16)22-18/h4-7H,3,8-14H2,1-2H3,(H,20,25). The Bertz CT molecular complexity index is 725. The Labute approximate surface area is 149 Å². The number of aryl methyl sites for hydroxylation is 1. The van der Waals surface area contributed by atoms with Crippen LogP contribution < -0.4 is 5.32 Å². The van der Waals surface area contributed by atoms with E-state index in [-0.39, 0.29) is 5.91 Å². The molecule has 1 aromatic carbocycles. The number of nitrogens with zero attached hydrogens (tertiary/aromatic N) is 4.